The highest BCUT2D eigenvalue weighted by Gasteiger charge is 1.97. The van der Waals surface area contributed by atoms with Gasteiger partial charge < -0.3 is 4.74 Å². The smallest absolute Gasteiger partial charge is 0.120 e. The summed E-state index contributed by atoms with van der Waals surface area (Å²) in [6.07, 6.45) is 0. The van der Waals surface area contributed by atoms with Gasteiger partial charge >= 0.3 is 0 Å². The van der Waals surface area contributed by atoms with E-state index in [2.05, 4.69) is 25.6 Å². The summed E-state index contributed by atoms with van der Waals surface area (Å²) in [5.41, 5.74) is 0.885. The van der Waals surface area contributed by atoms with E-state index in [1.165, 1.54) is 3.71 Å². The second kappa shape index (κ2) is 3.78. The molecule has 0 bridgehead atoms. The minimum absolute atomic E-state index is 0.801. The summed E-state index contributed by atoms with van der Waals surface area (Å²) in [5.74, 6) is 0.801. The molecule has 0 amide bonds. The second-order valence-electron chi connectivity index (χ2n) is 1.99. The van der Waals surface area contributed by atoms with Gasteiger partial charge in [-0.3, -0.25) is 3.71 Å². The zero-order valence-electron chi connectivity index (χ0n) is 6.06. The van der Waals surface area contributed by atoms with Crippen LogP contribution in [-0.4, -0.2) is 7.11 Å². The molecule has 0 radical (unpaired) electrons. The molecule has 4 heteroatoms. The Morgan fingerprint density at radius 2 is 2.09 bits per heavy atom. The molecule has 0 heterocycles. The number of hydrogen-bond acceptors (Lipinski definition) is 4. The average Bonchev–Trinajstić information content (AvgIpc) is 2.05. The molecule has 2 nitrogen and oxygen atoms in total. The van der Waals surface area contributed by atoms with E-state index in [1.54, 1.807) is 7.11 Å². The predicted octanol–water partition coefficient (Wildman–Crippen LogP) is 2.19. The molecule has 1 rings (SSSR count). The molecule has 0 aliphatic carbocycles. The van der Waals surface area contributed by atoms with Crippen molar-refractivity contribution in [1.82, 2.24) is 0 Å². The van der Waals surface area contributed by atoms with Crippen molar-refractivity contribution in [2.24, 2.45) is 0 Å². The van der Waals surface area contributed by atoms with Crippen molar-refractivity contribution in [3.05, 3.63) is 24.3 Å². The summed E-state index contributed by atoms with van der Waals surface area (Å²) in [7, 11) is 1.63. The maximum Gasteiger partial charge on any atom is 0.120 e. The van der Waals surface area contributed by atoms with Crippen LogP contribution in [0.5, 0.6) is 5.75 Å². The van der Waals surface area contributed by atoms with E-state index in [0.29, 0.717) is 0 Å². The van der Waals surface area contributed by atoms with Crippen LogP contribution in [-0.2, 0) is 0 Å². The Labute approximate surface area is 77.3 Å². The highest BCUT2D eigenvalue weighted by Crippen LogP contribution is 2.22. The van der Waals surface area contributed by atoms with Crippen LogP contribution in [0.2, 0.25) is 0 Å². The molecule has 0 aliphatic heterocycles. The summed E-state index contributed by atoms with van der Waals surface area (Å²) in [6, 6.07) is 7.49. The molecule has 11 heavy (non-hydrogen) atoms. The second-order valence-corrected chi connectivity index (χ2v) is 3.11. The molecule has 0 aliphatic rings. The lowest BCUT2D eigenvalue weighted by Crippen LogP contribution is -1.92. The number of ether oxygens (including phenoxy) is 1. The van der Waals surface area contributed by atoms with Crippen molar-refractivity contribution in [3.63, 3.8) is 0 Å². The number of rotatable bonds is 2. The Kier molecular flexibility index (Phi) is 2.96. The summed E-state index contributed by atoms with van der Waals surface area (Å²) >= 11 is 8.03. The third kappa shape index (κ3) is 2.24. The summed E-state index contributed by atoms with van der Waals surface area (Å²) in [4.78, 5) is 0. The molecule has 0 aromatic heterocycles. The monoisotopic (exact) mass is 187 g/mol. The molecular weight excluding hydrogens is 178 g/mol. The number of benzene rings is 1. The number of anilines is 1. The molecule has 0 atom stereocenters. The Bertz CT molecular complexity index is 240. The van der Waals surface area contributed by atoms with Crippen LogP contribution in [0.25, 0.3) is 0 Å². The highest BCUT2D eigenvalue weighted by atomic mass is 32.2. The van der Waals surface area contributed by atoms with Crippen molar-refractivity contribution in [2.45, 2.75) is 0 Å². The molecule has 0 N–H and O–H groups in total. The topological polar surface area (TPSA) is 12.5 Å². The minimum Gasteiger partial charge on any atom is -0.497 e. The van der Waals surface area contributed by atoms with Gasteiger partial charge in [-0.05, 0) is 12.1 Å². The van der Waals surface area contributed by atoms with Crippen molar-refractivity contribution >= 4 is 31.3 Å². The molecule has 0 saturated heterocycles. The number of methoxy groups -OCH3 is 1. The van der Waals surface area contributed by atoms with Crippen LogP contribution in [0.1, 0.15) is 0 Å². The van der Waals surface area contributed by atoms with Gasteiger partial charge in [0.15, 0.2) is 0 Å². The van der Waals surface area contributed by atoms with E-state index in [1.807, 2.05) is 24.3 Å². The van der Waals surface area contributed by atoms with Crippen molar-refractivity contribution in [2.75, 3.05) is 10.8 Å². The largest absolute Gasteiger partial charge is 0.497 e. The van der Waals surface area contributed by atoms with Crippen LogP contribution >= 0.6 is 25.6 Å². The van der Waals surface area contributed by atoms with Crippen LogP contribution in [0.15, 0.2) is 24.3 Å². The lowest BCUT2D eigenvalue weighted by Gasteiger charge is -2.09. The fraction of sp³-hybridized carbons (Fsp3) is 0.143. The van der Waals surface area contributed by atoms with Crippen molar-refractivity contribution in [1.29, 1.82) is 0 Å². The van der Waals surface area contributed by atoms with Gasteiger partial charge in [0.1, 0.15) is 5.75 Å². The van der Waals surface area contributed by atoms with E-state index in [-0.39, 0.29) is 0 Å². The van der Waals surface area contributed by atoms with Crippen LogP contribution in [0, 0.1) is 0 Å². The van der Waals surface area contributed by atoms with E-state index < -0.39 is 0 Å². The molecule has 0 saturated carbocycles. The van der Waals surface area contributed by atoms with E-state index in [0.717, 1.165) is 11.4 Å². The first-order valence-corrected chi connectivity index (χ1v) is 3.86. The fourth-order valence-corrected chi connectivity index (χ4v) is 0.984. The average molecular weight is 187 g/mol. The van der Waals surface area contributed by atoms with Gasteiger partial charge in [-0.15, -0.1) is 0 Å². The first kappa shape index (κ1) is 8.62. The lowest BCUT2D eigenvalue weighted by molar-refractivity contribution is 0.415. The Hall–Kier alpha value is -0.480. The zero-order chi connectivity index (χ0) is 8.27. The van der Waals surface area contributed by atoms with Crippen LogP contribution < -0.4 is 8.45 Å². The number of thiol groups is 2. The number of nitrogens with zero attached hydrogens (tertiary/aromatic N) is 1. The quantitative estimate of drug-likeness (QED) is 0.689. The third-order valence-electron chi connectivity index (χ3n) is 1.28. The first-order valence-electron chi connectivity index (χ1n) is 3.06. The van der Waals surface area contributed by atoms with Crippen LogP contribution in [0.3, 0.4) is 0 Å². The van der Waals surface area contributed by atoms with E-state index >= 15 is 0 Å². The van der Waals surface area contributed by atoms with Gasteiger partial charge in [0.2, 0.25) is 0 Å². The van der Waals surface area contributed by atoms with Gasteiger partial charge in [-0.25, -0.2) is 0 Å². The van der Waals surface area contributed by atoms with Gasteiger partial charge in [-0.2, -0.15) is 0 Å². The molecule has 0 unspecified atom stereocenters. The third-order valence-corrected chi connectivity index (χ3v) is 1.75. The van der Waals surface area contributed by atoms with Gasteiger partial charge in [0.05, 0.1) is 12.8 Å². The maximum atomic E-state index is 5.01. The predicted molar refractivity (Wildman–Crippen MR) is 53.4 cm³/mol. The molecule has 60 valence electrons. The lowest BCUT2D eigenvalue weighted by atomic mass is 10.3. The van der Waals surface area contributed by atoms with E-state index in [9.17, 15) is 0 Å². The van der Waals surface area contributed by atoms with Gasteiger partial charge in [-0.1, -0.05) is 31.7 Å². The van der Waals surface area contributed by atoms with Crippen molar-refractivity contribution in [3.8, 4) is 5.75 Å². The van der Waals surface area contributed by atoms with Crippen molar-refractivity contribution < 1.29 is 4.74 Å². The Balaban J connectivity index is 2.91. The Morgan fingerprint density at radius 1 is 1.36 bits per heavy atom. The molecule has 0 fully saturated rings. The Morgan fingerprint density at radius 3 is 2.64 bits per heavy atom. The van der Waals surface area contributed by atoms with Gasteiger partial charge in [0.25, 0.3) is 0 Å². The standard InChI is InChI=1S/C7H9NOS2/c1-9-7-4-2-3-6(5-7)8(10)11/h2-5,10-11H,1H3. The normalized spacial score (nSPS) is 9.36. The minimum atomic E-state index is 0.801. The van der Waals surface area contributed by atoms with Gasteiger partial charge in [0, 0.05) is 6.07 Å². The number of hydrogen-bond donors (Lipinski definition) is 2. The molecule has 1 aromatic rings. The molecule has 0 spiro atoms. The highest BCUT2D eigenvalue weighted by molar-refractivity contribution is 8.00. The first-order chi connectivity index (χ1) is 5.24. The zero-order valence-corrected chi connectivity index (χ0v) is 7.85. The summed E-state index contributed by atoms with van der Waals surface area (Å²) in [5, 5.41) is 0. The van der Waals surface area contributed by atoms with Crippen LogP contribution in [0.4, 0.5) is 5.69 Å². The maximum absolute atomic E-state index is 5.01. The molecule has 1 aromatic carbocycles. The molecular formula is C7H9NOS2. The summed E-state index contributed by atoms with van der Waals surface area (Å²) in [6.45, 7) is 0. The van der Waals surface area contributed by atoms with E-state index in [4.69, 9.17) is 4.74 Å². The fourth-order valence-electron chi connectivity index (χ4n) is 0.735. The SMILES string of the molecule is COc1cccc(N(S)S)c1. The summed E-state index contributed by atoms with van der Waals surface area (Å²) < 4.78 is 6.44.